The Labute approximate surface area is 61.0 Å². The summed E-state index contributed by atoms with van der Waals surface area (Å²) < 4.78 is 0. The molecule has 0 aliphatic carbocycles. The molecule has 0 rings (SSSR count). The number of allylic oxidation sites excluding steroid dienone is 1. The minimum absolute atomic E-state index is 0.435. The van der Waals surface area contributed by atoms with E-state index in [9.17, 15) is 4.79 Å². The van der Waals surface area contributed by atoms with Gasteiger partial charge in [-0.05, 0) is 21.0 Å². The average molecular weight is 143 g/mol. The molecule has 0 spiro atoms. The third-order valence-corrected chi connectivity index (χ3v) is 1.11. The third-order valence-electron chi connectivity index (χ3n) is 1.11. The minimum atomic E-state index is -0.837. The lowest BCUT2D eigenvalue weighted by Crippen LogP contribution is -2.19. The fourth-order valence-corrected chi connectivity index (χ4v) is 0.623. The Morgan fingerprint density at radius 3 is 2.20 bits per heavy atom. The van der Waals surface area contributed by atoms with Crippen molar-refractivity contribution < 1.29 is 9.90 Å². The molecule has 1 N–H and O–H groups in total. The van der Waals surface area contributed by atoms with Gasteiger partial charge in [0.2, 0.25) is 0 Å². The predicted molar refractivity (Wildman–Crippen MR) is 39.9 cm³/mol. The molecule has 3 heteroatoms. The molecule has 0 saturated heterocycles. The molecular formula is C7H13NO2. The van der Waals surface area contributed by atoms with Crippen molar-refractivity contribution in [3.8, 4) is 0 Å². The zero-order chi connectivity index (χ0) is 8.15. The van der Waals surface area contributed by atoms with Crippen LogP contribution in [0.2, 0.25) is 0 Å². The minimum Gasteiger partial charge on any atom is -0.478 e. The highest BCUT2D eigenvalue weighted by Crippen LogP contribution is 1.94. The Hall–Kier alpha value is -0.830. The topological polar surface area (TPSA) is 40.5 Å². The van der Waals surface area contributed by atoms with Gasteiger partial charge in [-0.15, -0.1) is 0 Å². The van der Waals surface area contributed by atoms with Crippen molar-refractivity contribution in [2.24, 2.45) is 0 Å². The standard InChI is InChI=1S/C7H13NO2/c1-4-6(7(9)10)5-8(2)3/h4H,5H2,1-3H3,(H,9,10)/b6-4+. The molecule has 10 heavy (non-hydrogen) atoms. The zero-order valence-corrected chi connectivity index (χ0v) is 6.59. The van der Waals surface area contributed by atoms with Gasteiger partial charge >= 0.3 is 5.97 Å². The van der Waals surface area contributed by atoms with E-state index in [1.54, 1.807) is 13.0 Å². The summed E-state index contributed by atoms with van der Waals surface area (Å²) in [7, 11) is 3.68. The Morgan fingerprint density at radius 1 is 1.60 bits per heavy atom. The maximum atomic E-state index is 10.4. The van der Waals surface area contributed by atoms with Gasteiger partial charge in [0, 0.05) is 12.1 Å². The second-order valence-electron chi connectivity index (χ2n) is 2.36. The van der Waals surface area contributed by atoms with Gasteiger partial charge in [-0.2, -0.15) is 0 Å². The second-order valence-corrected chi connectivity index (χ2v) is 2.36. The Bertz CT molecular complexity index is 150. The van der Waals surface area contributed by atoms with Crippen LogP contribution in [0.3, 0.4) is 0 Å². The summed E-state index contributed by atoms with van der Waals surface area (Å²) in [5.41, 5.74) is 0.435. The molecule has 0 heterocycles. The summed E-state index contributed by atoms with van der Waals surface area (Å²) in [6.07, 6.45) is 1.61. The van der Waals surface area contributed by atoms with Crippen LogP contribution < -0.4 is 0 Å². The number of carboxylic acid groups (broad SMARTS) is 1. The summed E-state index contributed by atoms with van der Waals surface area (Å²) in [6, 6.07) is 0. The van der Waals surface area contributed by atoms with Crippen molar-refractivity contribution in [2.75, 3.05) is 20.6 Å². The molecular weight excluding hydrogens is 130 g/mol. The predicted octanol–water partition coefficient (Wildman–Crippen LogP) is 0.579. The van der Waals surface area contributed by atoms with Crippen LogP contribution in [0.5, 0.6) is 0 Å². The molecule has 0 amide bonds. The molecule has 0 bridgehead atoms. The number of nitrogens with zero attached hydrogens (tertiary/aromatic N) is 1. The van der Waals surface area contributed by atoms with Crippen LogP contribution in [-0.2, 0) is 4.79 Å². The Kier molecular flexibility index (Phi) is 3.72. The smallest absolute Gasteiger partial charge is 0.332 e. The molecule has 0 aromatic carbocycles. The van der Waals surface area contributed by atoms with Gasteiger partial charge in [-0.1, -0.05) is 6.08 Å². The fraction of sp³-hybridized carbons (Fsp3) is 0.571. The Balaban J connectivity index is 3.99. The molecule has 0 aliphatic heterocycles. The van der Waals surface area contributed by atoms with Crippen LogP contribution in [0, 0.1) is 0 Å². The number of carboxylic acids is 1. The zero-order valence-electron chi connectivity index (χ0n) is 6.59. The summed E-state index contributed by atoms with van der Waals surface area (Å²) in [4.78, 5) is 12.2. The summed E-state index contributed by atoms with van der Waals surface area (Å²) >= 11 is 0. The highest BCUT2D eigenvalue weighted by atomic mass is 16.4. The number of hydrogen-bond acceptors (Lipinski definition) is 2. The van der Waals surface area contributed by atoms with E-state index >= 15 is 0 Å². The largest absolute Gasteiger partial charge is 0.478 e. The first-order valence-electron chi connectivity index (χ1n) is 3.11. The lowest BCUT2D eigenvalue weighted by atomic mass is 10.2. The molecule has 0 saturated carbocycles. The molecule has 0 radical (unpaired) electrons. The highest BCUT2D eigenvalue weighted by Gasteiger charge is 2.05. The van der Waals surface area contributed by atoms with E-state index in [1.807, 2.05) is 19.0 Å². The lowest BCUT2D eigenvalue weighted by molar-refractivity contribution is -0.132. The van der Waals surface area contributed by atoms with Crippen molar-refractivity contribution in [3.63, 3.8) is 0 Å². The Morgan fingerprint density at radius 2 is 2.10 bits per heavy atom. The number of likely N-dealkylation sites (N-methyl/N-ethyl adjacent to an activating group) is 1. The van der Waals surface area contributed by atoms with Gasteiger partial charge in [0.25, 0.3) is 0 Å². The summed E-state index contributed by atoms with van der Waals surface area (Å²) in [6.45, 7) is 2.22. The number of hydrogen-bond donors (Lipinski definition) is 1. The molecule has 0 aromatic heterocycles. The van der Waals surface area contributed by atoms with Crippen LogP contribution in [0.25, 0.3) is 0 Å². The van der Waals surface area contributed by atoms with Crippen LogP contribution in [0.4, 0.5) is 0 Å². The normalized spacial score (nSPS) is 12.2. The molecule has 3 nitrogen and oxygen atoms in total. The molecule has 0 aliphatic rings. The number of rotatable bonds is 3. The first-order chi connectivity index (χ1) is 4.57. The number of carbonyl (C=O) groups is 1. The number of aliphatic carboxylic acids is 1. The van der Waals surface area contributed by atoms with E-state index in [2.05, 4.69) is 0 Å². The van der Waals surface area contributed by atoms with Crippen LogP contribution >= 0.6 is 0 Å². The maximum absolute atomic E-state index is 10.4. The van der Waals surface area contributed by atoms with Crippen molar-refractivity contribution in [1.82, 2.24) is 4.90 Å². The quantitative estimate of drug-likeness (QED) is 0.587. The van der Waals surface area contributed by atoms with Gasteiger partial charge in [-0.3, -0.25) is 0 Å². The van der Waals surface area contributed by atoms with Crippen LogP contribution in [0.15, 0.2) is 11.6 Å². The van der Waals surface area contributed by atoms with Crippen molar-refractivity contribution in [1.29, 1.82) is 0 Å². The SMILES string of the molecule is C/C=C(\CN(C)C)C(=O)O. The van der Waals surface area contributed by atoms with Crippen LogP contribution in [-0.4, -0.2) is 36.6 Å². The van der Waals surface area contributed by atoms with E-state index in [0.29, 0.717) is 12.1 Å². The van der Waals surface area contributed by atoms with Gasteiger partial charge in [0.15, 0.2) is 0 Å². The van der Waals surface area contributed by atoms with Gasteiger partial charge in [0.05, 0.1) is 0 Å². The monoisotopic (exact) mass is 143 g/mol. The van der Waals surface area contributed by atoms with Crippen molar-refractivity contribution in [3.05, 3.63) is 11.6 Å². The van der Waals surface area contributed by atoms with E-state index in [1.165, 1.54) is 0 Å². The van der Waals surface area contributed by atoms with E-state index < -0.39 is 5.97 Å². The van der Waals surface area contributed by atoms with Crippen molar-refractivity contribution in [2.45, 2.75) is 6.92 Å². The summed E-state index contributed by atoms with van der Waals surface area (Å²) in [5, 5.41) is 8.53. The van der Waals surface area contributed by atoms with E-state index in [4.69, 9.17) is 5.11 Å². The molecule has 0 unspecified atom stereocenters. The van der Waals surface area contributed by atoms with Crippen molar-refractivity contribution >= 4 is 5.97 Å². The van der Waals surface area contributed by atoms with E-state index in [-0.39, 0.29) is 0 Å². The van der Waals surface area contributed by atoms with Gasteiger partial charge in [0.1, 0.15) is 0 Å². The molecule has 0 atom stereocenters. The maximum Gasteiger partial charge on any atom is 0.332 e. The molecule has 58 valence electrons. The third kappa shape index (κ3) is 3.25. The first-order valence-corrected chi connectivity index (χ1v) is 3.11. The summed E-state index contributed by atoms with van der Waals surface area (Å²) in [5.74, 6) is -0.837. The fourth-order valence-electron chi connectivity index (χ4n) is 0.623. The van der Waals surface area contributed by atoms with Crippen LogP contribution in [0.1, 0.15) is 6.92 Å². The van der Waals surface area contributed by atoms with Gasteiger partial charge < -0.3 is 10.0 Å². The van der Waals surface area contributed by atoms with E-state index in [0.717, 1.165) is 0 Å². The first kappa shape index (κ1) is 9.17. The van der Waals surface area contributed by atoms with Gasteiger partial charge in [-0.25, -0.2) is 4.79 Å². The highest BCUT2D eigenvalue weighted by molar-refractivity contribution is 5.86. The second kappa shape index (κ2) is 4.06. The lowest BCUT2D eigenvalue weighted by Gasteiger charge is -2.08. The molecule has 0 fully saturated rings. The molecule has 0 aromatic rings. The average Bonchev–Trinajstić information content (AvgIpc) is 1.81.